The maximum Gasteiger partial charge on any atom is 0.335 e. The molecule has 6 aromatic carbocycles. The Morgan fingerprint density at radius 2 is 0.893 bits per heavy atom. The second-order valence-electron chi connectivity index (χ2n) is 14.5. The lowest BCUT2D eigenvalue weighted by Gasteiger charge is -2.27. The molecule has 2 atom stereocenters. The van der Waals surface area contributed by atoms with Crippen molar-refractivity contribution < 1.29 is 19.1 Å². The van der Waals surface area contributed by atoms with Crippen LogP contribution in [0.2, 0.25) is 0 Å². The van der Waals surface area contributed by atoms with Crippen LogP contribution in [0.5, 0.6) is 11.5 Å². The van der Waals surface area contributed by atoms with Gasteiger partial charge >= 0.3 is 11.9 Å². The molecule has 0 spiro atoms. The lowest BCUT2D eigenvalue weighted by atomic mass is 9.81. The molecule has 0 saturated carbocycles. The SMILES string of the molecule is C=CC(=O)Oc1ccc(C(C)c2cc(-c3ccc(N(c4ccc(C)c(C)c4)c4ccc(C)c(C)c4)cc3)cc(C(C)c3ccc(OC(=O)C=C)cc3)c2C)cc1. The lowest BCUT2D eigenvalue weighted by Crippen LogP contribution is -2.11. The third-order valence-electron chi connectivity index (χ3n) is 10.9. The second kappa shape index (κ2) is 16.9. The molecule has 56 heavy (non-hydrogen) atoms. The van der Waals surface area contributed by atoms with E-state index in [0.717, 1.165) is 51.5 Å². The number of carbonyl (C=O) groups excluding carboxylic acids is 2. The van der Waals surface area contributed by atoms with Crippen molar-refractivity contribution in [3.8, 4) is 22.6 Å². The van der Waals surface area contributed by atoms with E-state index in [2.05, 4.69) is 139 Å². The minimum absolute atomic E-state index is 0.0371. The number of anilines is 3. The quantitative estimate of drug-likeness (QED) is 0.0710. The van der Waals surface area contributed by atoms with Gasteiger partial charge in [-0.1, -0.05) is 87.7 Å². The van der Waals surface area contributed by atoms with Crippen LogP contribution in [0.15, 0.2) is 147 Å². The first-order valence-electron chi connectivity index (χ1n) is 18.9. The summed E-state index contributed by atoms with van der Waals surface area (Å²) in [5.74, 6) is 0.0474. The van der Waals surface area contributed by atoms with E-state index >= 15 is 0 Å². The minimum Gasteiger partial charge on any atom is -0.423 e. The number of rotatable bonds is 12. The molecular weight excluding hydrogens is 691 g/mol. The third kappa shape index (κ3) is 8.58. The van der Waals surface area contributed by atoms with Gasteiger partial charge in [0.05, 0.1) is 0 Å². The Morgan fingerprint density at radius 3 is 1.27 bits per heavy atom. The zero-order valence-corrected chi connectivity index (χ0v) is 33.4. The van der Waals surface area contributed by atoms with Gasteiger partial charge in [-0.3, -0.25) is 0 Å². The summed E-state index contributed by atoms with van der Waals surface area (Å²) >= 11 is 0. The molecule has 0 aliphatic rings. The highest BCUT2D eigenvalue weighted by Gasteiger charge is 2.21. The van der Waals surface area contributed by atoms with Crippen LogP contribution in [0.25, 0.3) is 11.1 Å². The third-order valence-corrected chi connectivity index (χ3v) is 10.9. The fourth-order valence-electron chi connectivity index (χ4n) is 7.13. The molecule has 0 saturated heterocycles. The number of esters is 2. The number of ether oxygens (including phenoxy) is 2. The first-order valence-corrected chi connectivity index (χ1v) is 18.9. The number of hydrogen-bond donors (Lipinski definition) is 0. The zero-order valence-electron chi connectivity index (χ0n) is 33.4. The molecule has 0 aliphatic carbocycles. The maximum atomic E-state index is 11.8. The predicted molar refractivity (Wildman–Crippen MR) is 230 cm³/mol. The number of nitrogens with zero attached hydrogens (tertiary/aromatic N) is 1. The van der Waals surface area contributed by atoms with E-state index < -0.39 is 11.9 Å². The highest BCUT2D eigenvalue weighted by Crippen LogP contribution is 2.41. The summed E-state index contributed by atoms with van der Waals surface area (Å²) in [5, 5.41) is 0. The fourth-order valence-corrected chi connectivity index (χ4v) is 7.13. The molecule has 0 aromatic heterocycles. The van der Waals surface area contributed by atoms with Gasteiger partial charge in [0.1, 0.15) is 11.5 Å². The van der Waals surface area contributed by atoms with Gasteiger partial charge in [-0.05, 0) is 156 Å². The summed E-state index contributed by atoms with van der Waals surface area (Å²) in [6, 6.07) is 42.1. The fraction of sp³-hybridized carbons (Fsp3) is 0.176. The standard InChI is InChI=1S/C51H49NO4/c1-10-50(53)55-46-24-16-39(17-25-46)36(7)48-30-42(31-49(38(48)9)37(8)40-18-26-47(27-19-40)56-51(54)11-2)41-14-22-43(23-15-41)52(44-20-12-32(3)34(5)28-44)45-21-13-33(4)35(6)29-45/h10-31,36-37H,1-2H2,3-9H3. The average molecular weight is 740 g/mol. The van der Waals surface area contributed by atoms with Crippen LogP contribution < -0.4 is 14.4 Å². The van der Waals surface area contributed by atoms with Gasteiger partial charge in [0.15, 0.2) is 0 Å². The first-order chi connectivity index (χ1) is 26.9. The van der Waals surface area contributed by atoms with Gasteiger partial charge in [0, 0.05) is 41.1 Å². The molecule has 0 N–H and O–H groups in total. The van der Waals surface area contributed by atoms with Crippen molar-refractivity contribution in [1.29, 1.82) is 0 Å². The molecule has 0 amide bonds. The Labute approximate surface area is 331 Å². The minimum atomic E-state index is -0.489. The highest BCUT2D eigenvalue weighted by molar-refractivity contribution is 5.84. The lowest BCUT2D eigenvalue weighted by molar-refractivity contribution is -0.129. The molecule has 0 radical (unpaired) electrons. The Morgan fingerprint density at radius 1 is 0.500 bits per heavy atom. The van der Waals surface area contributed by atoms with Crippen LogP contribution in [-0.2, 0) is 9.59 Å². The van der Waals surface area contributed by atoms with Crippen molar-refractivity contribution in [3.63, 3.8) is 0 Å². The first kappa shape index (κ1) is 39.2. The molecule has 2 unspecified atom stereocenters. The molecule has 0 fully saturated rings. The summed E-state index contributed by atoms with van der Waals surface area (Å²) in [5.41, 5.74) is 16.3. The molecule has 5 heteroatoms. The van der Waals surface area contributed by atoms with E-state index in [9.17, 15) is 9.59 Å². The van der Waals surface area contributed by atoms with Gasteiger partial charge in [0.25, 0.3) is 0 Å². The largest absolute Gasteiger partial charge is 0.423 e. The van der Waals surface area contributed by atoms with Crippen molar-refractivity contribution >= 4 is 29.0 Å². The van der Waals surface area contributed by atoms with Crippen molar-refractivity contribution in [2.75, 3.05) is 4.90 Å². The van der Waals surface area contributed by atoms with E-state index in [1.807, 2.05) is 48.5 Å². The van der Waals surface area contributed by atoms with E-state index in [0.29, 0.717) is 11.5 Å². The van der Waals surface area contributed by atoms with Crippen LogP contribution in [0.3, 0.4) is 0 Å². The predicted octanol–water partition coefficient (Wildman–Crippen LogP) is 12.9. The van der Waals surface area contributed by atoms with E-state index in [1.54, 1.807) is 0 Å². The Bertz CT molecular complexity index is 2260. The van der Waals surface area contributed by atoms with Crippen molar-refractivity contribution in [3.05, 3.63) is 197 Å². The normalized spacial score (nSPS) is 12.0. The maximum absolute atomic E-state index is 11.8. The Hall–Kier alpha value is -6.46. The van der Waals surface area contributed by atoms with Gasteiger partial charge in [-0.2, -0.15) is 0 Å². The van der Waals surface area contributed by atoms with Crippen LogP contribution in [0.1, 0.15) is 75.8 Å². The zero-order chi connectivity index (χ0) is 40.1. The molecule has 6 aromatic rings. The highest BCUT2D eigenvalue weighted by atomic mass is 16.5. The topological polar surface area (TPSA) is 55.8 Å². The second-order valence-corrected chi connectivity index (χ2v) is 14.5. The summed E-state index contributed by atoms with van der Waals surface area (Å²) in [4.78, 5) is 26.0. The summed E-state index contributed by atoms with van der Waals surface area (Å²) < 4.78 is 10.7. The number of benzene rings is 6. The van der Waals surface area contributed by atoms with Crippen molar-refractivity contribution in [2.45, 2.75) is 60.3 Å². The van der Waals surface area contributed by atoms with Gasteiger partial charge in [-0.25, -0.2) is 9.59 Å². The van der Waals surface area contributed by atoms with Crippen molar-refractivity contribution in [1.82, 2.24) is 0 Å². The molecule has 6 rings (SSSR count). The van der Waals surface area contributed by atoms with Crippen LogP contribution >= 0.6 is 0 Å². The van der Waals surface area contributed by atoms with Gasteiger partial charge < -0.3 is 14.4 Å². The molecule has 282 valence electrons. The number of aryl methyl sites for hydroxylation is 4. The van der Waals surface area contributed by atoms with Gasteiger partial charge in [-0.15, -0.1) is 0 Å². The number of carbonyl (C=O) groups is 2. The van der Waals surface area contributed by atoms with E-state index in [4.69, 9.17) is 9.47 Å². The van der Waals surface area contributed by atoms with Gasteiger partial charge in [0.2, 0.25) is 0 Å². The van der Waals surface area contributed by atoms with Crippen LogP contribution in [-0.4, -0.2) is 11.9 Å². The van der Waals surface area contributed by atoms with E-state index in [1.165, 1.54) is 38.9 Å². The molecule has 0 bridgehead atoms. The molecule has 5 nitrogen and oxygen atoms in total. The van der Waals surface area contributed by atoms with E-state index in [-0.39, 0.29) is 11.8 Å². The Kier molecular flexibility index (Phi) is 11.9. The summed E-state index contributed by atoms with van der Waals surface area (Å²) in [6.07, 6.45) is 2.32. The summed E-state index contributed by atoms with van der Waals surface area (Å²) in [6.45, 7) is 22.2. The average Bonchev–Trinajstić information content (AvgIpc) is 3.21. The Balaban J connectivity index is 1.43. The van der Waals surface area contributed by atoms with Crippen LogP contribution in [0, 0.1) is 34.6 Å². The molecule has 0 heterocycles. The van der Waals surface area contributed by atoms with Crippen LogP contribution in [0.4, 0.5) is 17.1 Å². The smallest absolute Gasteiger partial charge is 0.335 e. The molecular formula is C51H49NO4. The number of hydrogen-bond acceptors (Lipinski definition) is 5. The summed E-state index contributed by atoms with van der Waals surface area (Å²) in [7, 11) is 0. The monoisotopic (exact) mass is 739 g/mol. The molecule has 0 aliphatic heterocycles. The van der Waals surface area contributed by atoms with Crippen molar-refractivity contribution in [2.24, 2.45) is 0 Å².